The number of benzene rings is 1. The zero-order chi connectivity index (χ0) is 17.8. The average Bonchev–Trinajstić information content (AvgIpc) is 3.25. The average molecular weight is 358 g/mol. The molecule has 0 saturated heterocycles. The predicted molar refractivity (Wildman–Crippen MR) is 97.7 cm³/mol. The molecule has 1 aromatic carbocycles. The van der Waals surface area contributed by atoms with Crippen LogP contribution in [0.4, 0.5) is 5.95 Å². The number of halogens is 1. The molecule has 2 aromatic heterocycles. The van der Waals surface area contributed by atoms with Crippen molar-refractivity contribution in [1.82, 2.24) is 19.7 Å². The molecule has 130 valence electrons. The lowest BCUT2D eigenvalue weighted by Gasteiger charge is -2.19. The molecule has 0 radical (unpaired) electrons. The summed E-state index contributed by atoms with van der Waals surface area (Å²) in [5, 5.41) is 10.3. The lowest BCUT2D eigenvalue weighted by atomic mass is 10.0. The highest BCUT2D eigenvalue weighted by atomic mass is 35.5. The first-order chi connectivity index (χ1) is 12.0. The van der Waals surface area contributed by atoms with Gasteiger partial charge in [0.25, 0.3) is 0 Å². The Kier molecular flexibility index (Phi) is 5.19. The molecule has 2 N–H and O–H groups in total. The lowest BCUT2D eigenvalue weighted by Crippen LogP contribution is -2.20. The van der Waals surface area contributed by atoms with Crippen LogP contribution in [0, 0.1) is 0 Å². The maximum Gasteiger partial charge on any atom is 0.248 e. The minimum atomic E-state index is -0.150. The minimum Gasteiger partial charge on any atom is -0.346 e. The molecular formula is C18H20ClN5O. The zero-order valence-electron chi connectivity index (χ0n) is 14.1. The number of carbonyl (C=O) groups excluding carboxylic acids is 1. The summed E-state index contributed by atoms with van der Waals surface area (Å²) in [5.41, 5.74) is 1.01. The highest BCUT2D eigenvalue weighted by Gasteiger charge is 2.19. The van der Waals surface area contributed by atoms with E-state index in [4.69, 9.17) is 11.6 Å². The van der Waals surface area contributed by atoms with Gasteiger partial charge < -0.3 is 4.57 Å². The Labute approximate surface area is 151 Å². The summed E-state index contributed by atoms with van der Waals surface area (Å²) >= 11 is 5.98. The monoisotopic (exact) mass is 357 g/mol. The van der Waals surface area contributed by atoms with Crippen LogP contribution in [0.3, 0.4) is 0 Å². The van der Waals surface area contributed by atoms with E-state index in [1.165, 1.54) is 0 Å². The number of carbonyl (C=O) groups is 1. The van der Waals surface area contributed by atoms with Gasteiger partial charge in [0.2, 0.25) is 11.9 Å². The standard InChI is InChI=1S/C18H20ClN5O/c1-12(2)17-21-18(23-22-17)20-16(25)11-15(24-9-3-4-10-24)13-5-7-14(19)8-6-13/h3-10,12,15H,11H2,1-2H3,(H2,20,21,22,23,25)/t15-/m1/s1. The van der Waals surface area contributed by atoms with Gasteiger partial charge in [-0.15, -0.1) is 5.10 Å². The summed E-state index contributed by atoms with van der Waals surface area (Å²) in [6, 6.07) is 11.3. The zero-order valence-corrected chi connectivity index (χ0v) is 14.9. The third-order valence-corrected chi connectivity index (χ3v) is 4.17. The molecule has 1 atom stereocenters. The number of anilines is 1. The molecule has 0 aliphatic carbocycles. The molecule has 6 nitrogen and oxygen atoms in total. The van der Waals surface area contributed by atoms with Crippen molar-refractivity contribution in [1.29, 1.82) is 0 Å². The van der Waals surface area contributed by atoms with Crippen molar-refractivity contribution in [2.45, 2.75) is 32.2 Å². The topological polar surface area (TPSA) is 75.6 Å². The van der Waals surface area contributed by atoms with Crippen molar-refractivity contribution in [3.05, 3.63) is 65.2 Å². The largest absolute Gasteiger partial charge is 0.346 e. The second-order valence-corrected chi connectivity index (χ2v) is 6.59. The van der Waals surface area contributed by atoms with Crippen LogP contribution >= 0.6 is 11.6 Å². The van der Waals surface area contributed by atoms with Gasteiger partial charge in [0, 0.05) is 23.3 Å². The summed E-state index contributed by atoms with van der Waals surface area (Å²) in [4.78, 5) is 16.8. The maximum absolute atomic E-state index is 12.5. The molecule has 0 aliphatic heterocycles. The molecule has 3 aromatic rings. The fourth-order valence-electron chi connectivity index (χ4n) is 2.58. The van der Waals surface area contributed by atoms with E-state index in [0.717, 1.165) is 11.4 Å². The number of aromatic nitrogens is 4. The van der Waals surface area contributed by atoms with Crippen molar-refractivity contribution in [2.75, 3.05) is 5.32 Å². The molecule has 0 aliphatic rings. The van der Waals surface area contributed by atoms with Crippen molar-refractivity contribution in [3.8, 4) is 0 Å². The Morgan fingerprint density at radius 3 is 2.52 bits per heavy atom. The van der Waals surface area contributed by atoms with E-state index >= 15 is 0 Å². The Balaban J connectivity index is 1.75. The first kappa shape index (κ1) is 17.2. The van der Waals surface area contributed by atoms with Gasteiger partial charge in [0.1, 0.15) is 5.82 Å². The van der Waals surface area contributed by atoms with Gasteiger partial charge in [-0.05, 0) is 29.8 Å². The van der Waals surface area contributed by atoms with Gasteiger partial charge >= 0.3 is 0 Å². The third kappa shape index (κ3) is 4.28. The predicted octanol–water partition coefficient (Wildman–Crippen LogP) is 4.00. The van der Waals surface area contributed by atoms with Crippen LogP contribution in [0.1, 0.15) is 43.6 Å². The quantitative estimate of drug-likeness (QED) is 0.700. The van der Waals surface area contributed by atoms with Gasteiger partial charge in [-0.2, -0.15) is 4.98 Å². The first-order valence-corrected chi connectivity index (χ1v) is 8.51. The van der Waals surface area contributed by atoms with Crippen molar-refractivity contribution >= 4 is 23.5 Å². The highest BCUT2D eigenvalue weighted by molar-refractivity contribution is 6.30. The SMILES string of the molecule is CC(C)c1nc(NC(=O)C[C@H](c2ccc(Cl)cc2)n2cccc2)n[nH]1. The summed E-state index contributed by atoms with van der Waals surface area (Å²) in [6.07, 6.45) is 4.15. The van der Waals surface area contributed by atoms with E-state index in [2.05, 4.69) is 20.5 Å². The van der Waals surface area contributed by atoms with Crippen molar-refractivity contribution < 1.29 is 4.79 Å². The fraction of sp³-hybridized carbons (Fsp3) is 0.278. The molecule has 0 saturated carbocycles. The van der Waals surface area contributed by atoms with E-state index in [9.17, 15) is 4.79 Å². The molecule has 0 spiro atoms. The first-order valence-electron chi connectivity index (χ1n) is 8.13. The summed E-state index contributed by atoms with van der Waals surface area (Å²) < 4.78 is 2.00. The van der Waals surface area contributed by atoms with Gasteiger partial charge in [-0.1, -0.05) is 37.6 Å². The van der Waals surface area contributed by atoms with Crippen LogP contribution < -0.4 is 5.32 Å². The summed E-state index contributed by atoms with van der Waals surface area (Å²) in [6.45, 7) is 4.02. The molecule has 3 rings (SSSR count). The van der Waals surface area contributed by atoms with Crippen molar-refractivity contribution in [3.63, 3.8) is 0 Å². The van der Waals surface area contributed by atoms with Crippen LogP contribution in [0.15, 0.2) is 48.8 Å². The number of amides is 1. The van der Waals surface area contributed by atoms with Gasteiger partial charge in [-0.3, -0.25) is 15.2 Å². The van der Waals surface area contributed by atoms with E-state index < -0.39 is 0 Å². The van der Waals surface area contributed by atoms with E-state index in [1.807, 2.05) is 67.2 Å². The second kappa shape index (κ2) is 7.53. The number of hydrogen-bond acceptors (Lipinski definition) is 3. The van der Waals surface area contributed by atoms with Crippen LogP contribution in [0.25, 0.3) is 0 Å². The Morgan fingerprint density at radius 1 is 1.24 bits per heavy atom. The van der Waals surface area contributed by atoms with E-state index in [0.29, 0.717) is 11.0 Å². The summed E-state index contributed by atoms with van der Waals surface area (Å²) in [5.74, 6) is 1.12. The molecule has 0 bridgehead atoms. The van der Waals surface area contributed by atoms with Crippen molar-refractivity contribution in [2.24, 2.45) is 0 Å². The van der Waals surface area contributed by atoms with Crippen LogP contribution in [-0.4, -0.2) is 25.7 Å². The number of aromatic amines is 1. The number of H-pyrrole nitrogens is 1. The Hall–Kier alpha value is -2.60. The molecule has 2 heterocycles. The van der Waals surface area contributed by atoms with Gasteiger partial charge in [-0.25, -0.2) is 0 Å². The van der Waals surface area contributed by atoms with Crippen LogP contribution in [-0.2, 0) is 4.79 Å². The second-order valence-electron chi connectivity index (χ2n) is 6.15. The number of rotatable bonds is 6. The number of hydrogen-bond donors (Lipinski definition) is 2. The third-order valence-electron chi connectivity index (χ3n) is 3.92. The number of nitrogens with zero attached hydrogens (tertiary/aromatic N) is 3. The molecular weight excluding hydrogens is 338 g/mol. The Morgan fingerprint density at radius 2 is 1.92 bits per heavy atom. The highest BCUT2D eigenvalue weighted by Crippen LogP contribution is 2.24. The van der Waals surface area contributed by atoms with Gasteiger partial charge in [0.15, 0.2) is 0 Å². The van der Waals surface area contributed by atoms with Crippen LogP contribution in [0.5, 0.6) is 0 Å². The molecule has 7 heteroatoms. The summed E-state index contributed by atoms with van der Waals surface area (Å²) in [7, 11) is 0. The maximum atomic E-state index is 12.5. The molecule has 25 heavy (non-hydrogen) atoms. The van der Waals surface area contributed by atoms with Gasteiger partial charge in [0.05, 0.1) is 12.5 Å². The molecule has 0 unspecified atom stereocenters. The van der Waals surface area contributed by atoms with E-state index in [-0.39, 0.29) is 24.3 Å². The normalized spacial score (nSPS) is 12.3. The van der Waals surface area contributed by atoms with E-state index in [1.54, 1.807) is 0 Å². The Bertz CT molecular complexity index is 824. The lowest BCUT2D eigenvalue weighted by molar-refractivity contribution is -0.116. The minimum absolute atomic E-state index is 0.129. The molecule has 1 amide bonds. The smallest absolute Gasteiger partial charge is 0.248 e. The fourth-order valence-corrected chi connectivity index (χ4v) is 2.70. The number of nitrogens with one attached hydrogen (secondary N) is 2. The molecule has 0 fully saturated rings. The van der Waals surface area contributed by atoms with Crippen LogP contribution in [0.2, 0.25) is 5.02 Å².